The molecule has 1 aromatic heterocycles. The lowest BCUT2D eigenvalue weighted by Crippen LogP contribution is -2.47. The van der Waals surface area contributed by atoms with Crippen molar-refractivity contribution in [2.24, 2.45) is 0 Å². The van der Waals surface area contributed by atoms with Gasteiger partial charge in [0.2, 0.25) is 5.95 Å². The van der Waals surface area contributed by atoms with Crippen LogP contribution in [0.5, 0.6) is 0 Å². The third kappa shape index (κ3) is 2.06. The normalized spacial score (nSPS) is 20.8. The first kappa shape index (κ1) is 8.25. The molecule has 0 aromatic carbocycles. The monoisotopic (exact) mass is 179 g/mol. The van der Waals surface area contributed by atoms with E-state index in [1.165, 1.54) is 6.42 Å². The third-order valence-electron chi connectivity index (χ3n) is 2.13. The second-order valence-corrected chi connectivity index (χ2v) is 3.12. The van der Waals surface area contributed by atoms with Gasteiger partial charge in [-0.05, 0) is 19.0 Å². The Morgan fingerprint density at radius 1 is 1.69 bits per heavy atom. The molecule has 0 spiro atoms. The Hall–Kier alpha value is -1.36. The summed E-state index contributed by atoms with van der Waals surface area (Å²) >= 11 is 0. The summed E-state index contributed by atoms with van der Waals surface area (Å²) in [5, 5.41) is 6.49. The van der Waals surface area contributed by atoms with Crippen molar-refractivity contribution in [3.8, 4) is 0 Å². The van der Waals surface area contributed by atoms with Crippen molar-refractivity contribution in [2.45, 2.75) is 12.5 Å². The highest BCUT2D eigenvalue weighted by atomic mass is 15.1. The highest BCUT2D eigenvalue weighted by Gasteiger charge is 2.15. The van der Waals surface area contributed by atoms with Gasteiger partial charge in [0.1, 0.15) is 5.82 Å². The van der Waals surface area contributed by atoms with E-state index >= 15 is 0 Å². The molecule has 2 heterocycles. The zero-order valence-corrected chi connectivity index (χ0v) is 7.33. The number of hydrogen-bond donors (Lipinski definition) is 3. The molecule has 1 aliphatic heterocycles. The van der Waals surface area contributed by atoms with Crippen LogP contribution in [-0.4, -0.2) is 29.1 Å². The lowest BCUT2D eigenvalue weighted by atomic mass is 10.1. The summed E-state index contributed by atoms with van der Waals surface area (Å²) in [4.78, 5) is 7.84. The summed E-state index contributed by atoms with van der Waals surface area (Å²) in [5.74, 6) is 1.10. The SMILES string of the molecule is Nc1nccc(NC[C@@H]2CCN2)n1. The van der Waals surface area contributed by atoms with E-state index in [-0.39, 0.29) is 0 Å². The van der Waals surface area contributed by atoms with Crippen molar-refractivity contribution in [3.05, 3.63) is 12.3 Å². The van der Waals surface area contributed by atoms with E-state index < -0.39 is 0 Å². The van der Waals surface area contributed by atoms with Crippen LogP contribution < -0.4 is 16.4 Å². The van der Waals surface area contributed by atoms with Crippen molar-refractivity contribution in [3.63, 3.8) is 0 Å². The fourth-order valence-electron chi connectivity index (χ4n) is 1.22. The van der Waals surface area contributed by atoms with Crippen LogP contribution in [-0.2, 0) is 0 Å². The number of aromatic nitrogens is 2. The van der Waals surface area contributed by atoms with Gasteiger partial charge in [0.15, 0.2) is 0 Å². The fraction of sp³-hybridized carbons (Fsp3) is 0.500. The number of nitrogens with two attached hydrogens (primary N) is 1. The van der Waals surface area contributed by atoms with Gasteiger partial charge >= 0.3 is 0 Å². The van der Waals surface area contributed by atoms with Gasteiger partial charge in [0.05, 0.1) is 0 Å². The molecule has 5 nitrogen and oxygen atoms in total. The van der Waals surface area contributed by atoms with Crippen LogP contribution in [0.25, 0.3) is 0 Å². The van der Waals surface area contributed by atoms with Crippen LogP contribution >= 0.6 is 0 Å². The van der Waals surface area contributed by atoms with Gasteiger partial charge in [-0.3, -0.25) is 0 Å². The van der Waals surface area contributed by atoms with Gasteiger partial charge < -0.3 is 16.4 Å². The maximum absolute atomic E-state index is 5.43. The second kappa shape index (κ2) is 3.57. The molecule has 0 bridgehead atoms. The van der Waals surface area contributed by atoms with Crippen LogP contribution in [0, 0.1) is 0 Å². The molecule has 70 valence electrons. The van der Waals surface area contributed by atoms with E-state index in [0.717, 1.165) is 18.9 Å². The minimum Gasteiger partial charge on any atom is -0.368 e. The van der Waals surface area contributed by atoms with Crippen LogP contribution in [0.4, 0.5) is 11.8 Å². The lowest BCUT2D eigenvalue weighted by Gasteiger charge is -2.27. The zero-order chi connectivity index (χ0) is 9.10. The Balaban J connectivity index is 1.86. The smallest absolute Gasteiger partial charge is 0.221 e. The number of anilines is 2. The van der Waals surface area contributed by atoms with E-state index in [1.54, 1.807) is 6.20 Å². The Morgan fingerprint density at radius 3 is 3.15 bits per heavy atom. The van der Waals surface area contributed by atoms with Gasteiger partial charge in [0, 0.05) is 18.8 Å². The van der Waals surface area contributed by atoms with E-state index in [0.29, 0.717) is 12.0 Å². The van der Waals surface area contributed by atoms with Crippen molar-refractivity contribution >= 4 is 11.8 Å². The molecule has 0 saturated carbocycles. The van der Waals surface area contributed by atoms with Crippen molar-refractivity contribution in [2.75, 3.05) is 24.1 Å². The summed E-state index contributed by atoms with van der Waals surface area (Å²) in [7, 11) is 0. The molecule has 4 N–H and O–H groups in total. The topological polar surface area (TPSA) is 75.9 Å². The molecule has 2 rings (SSSR count). The molecule has 0 unspecified atom stereocenters. The average molecular weight is 179 g/mol. The molecule has 1 fully saturated rings. The van der Waals surface area contributed by atoms with E-state index in [2.05, 4.69) is 20.6 Å². The predicted molar refractivity (Wildman–Crippen MR) is 51.3 cm³/mol. The number of hydrogen-bond acceptors (Lipinski definition) is 5. The van der Waals surface area contributed by atoms with Crippen LogP contribution in [0.3, 0.4) is 0 Å². The first-order valence-corrected chi connectivity index (χ1v) is 4.40. The standard InChI is InChI=1S/C8H13N5/c9-8-11-4-2-7(13-8)12-5-6-1-3-10-6/h2,4,6,10H,1,3,5H2,(H3,9,11,12,13)/t6-/m0/s1. The maximum Gasteiger partial charge on any atom is 0.221 e. The summed E-state index contributed by atoms with van der Waals surface area (Å²) < 4.78 is 0. The van der Waals surface area contributed by atoms with Gasteiger partial charge in [-0.1, -0.05) is 0 Å². The van der Waals surface area contributed by atoms with Gasteiger partial charge in [-0.25, -0.2) is 4.98 Å². The Labute approximate surface area is 76.8 Å². The number of rotatable bonds is 3. The molecule has 1 aliphatic rings. The average Bonchev–Trinajstić information content (AvgIpc) is 2.01. The van der Waals surface area contributed by atoms with E-state index in [9.17, 15) is 0 Å². The summed E-state index contributed by atoms with van der Waals surface area (Å²) in [5.41, 5.74) is 5.43. The van der Waals surface area contributed by atoms with E-state index in [4.69, 9.17) is 5.73 Å². The second-order valence-electron chi connectivity index (χ2n) is 3.12. The molecule has 0 aliphatic carbocycles. The molecule has 1 saturated heterocycles. The van der Waals surface area contributed by atoms with Gasteiger partial charge in [0.25, 0.3) is 0 Å². The van der Waals surface area contributed by atoms with Crippen LogP contribution in [0.15, 0.2) is 12.3 Å². The highest BCUT2D eigenvalue weighted by molar-refractivity contribution is 5.37. The molecule has 13 heavy (non-hydrogen) atoms. The number of nitrogens with one attached hydrogen (secondary N) is 2. The molecule has 5 heteroatoms. The minimum atomic E-state index is 0.312. The minimum absolute atomic E-state index is 0.312. The molecule has 0 amide bonds. The Kier molecular flexibility index (Phi) is 2.27. The molecule has 0 radical (unpaired) electrons. The Bertz CT molecular complexity index is 284. The summed E-state index contributed by atoms with van der Waals surface area (Å²) in [6.07, 6.45) is 2.88. The number of nitrogens with zero attached hydrogens (tertiary/aromatic N) is 2. The predicted octanol–water partition coefficient (Wildman–Crippen LogP) is -0.167. The molecular formula is C8H13N5. The Morgan fingerprint density at radius 2 is 2.54 bits per heavy atom. The molecule has 1 aromatic rings. The van der Waals surface area contributed by atoms with Crippen LogP contribution in [0.2, 0.25) is 0 Å². The van der Waals surface area contributed by atoms with Crippen molar-refractivity contribution in [1.29, 1.82) is 0 Å². The summed E-state index contributed by atoms with van der Waals surface area (Å²) in [6.45, 7) is 2.02. The largest absolute Gasteiger partial charge is 0.368 e. The maximum atomic E-state index is 5.43. The first-order valence-electron chi connectivity index (χ1n) is 4.40. The highest BCUT2D eigenvalue weighted by Crippen LogP contribution is 2.06. The third-order valence-corrected chi connectivity index (χ3v) is 2.13. The van der Waals surface area contributed by atoms with Crippen LogP contribution in [0.1, 0.15) is 6.42 Å². The van der Waals surface area contributed by atoms with E-state index in [1.807, 2.05) is 6.07 Å². The quantitative estimate of drug-likeness (QED) is 0.600. The fourth-order valence-corrected chi connectivity index (χ4v) is 1.22. The lowest BCUT2D eigenvalue weighted by molar-refractivity contribution is 0.386. The first-order chi connectivity index (χ1) is 6.34. The molecule has 1 atom stereocenters. The van der Waals surface area contributed by atoms with Gasteiger partial charge in [-0.15, -0.1) is 0 Å². The zero-order valence-electron chi connectivity index (χ0n) is 7.33. The van der Waals surface area contributed by atoms with Crippen molar-refractivity contribution in [1.82, 2.24) is 15.3 Å². The van der Waals surface area contributed by atoms with Gasteiger partial charge in [-0.2, -0.15) is 4.98 Å². The summed E-state index contributed by atoms with van der Waals surface area (Å²) in [6, 6.07) is 2.39. The molecular weight excluding hydrogens is 166 g/mol. The number of nitrogen functional groups attached to an aromatic ring is 1. The van der Waals surface area contributed by atoms with Crippen molar-refractivity contribution < 1.29 is 0 Å².